The summed E-state index contributed by atoms with van der Waals surface area (Å²) in [6.07, 6.45) is 3.92. The number of unbranched alkanes of at least 4 members (excludes halogenated alkanes) is 1. The number of hydrogen-bond donors (Lipinski definition) is 1. The summed E-state index contributed by atoms with van der Waals surface area (Å²) < 4.78 is 0.609. The van der Waals surface area contributed by atoms with Gasteiger partial charge in [-0.2, -0.15) is 0 Å². The Bertz CT molecular complexity index is 418. The zero-order valence-electron chi connectivity index (χ0n) is 9.82. The van der Waals surface area contributed by atoms with E-state index in [4.69, 9.17) is 5.11 Å². The lowest BCUT2D eigenvalue weighted by molar-refractivity contribution is 0.0696. The lowest BCUT2D eigenvalue weighted by Gasteiger charge is -2.19. The summed E-state index contributed by atoms with van der Waals surface area (Å²) in [7, 11) is 1.99. The van der Waals surface area contributed by atoms with E-state index >= 15 is 0 Å². The minimum atomic E-state index is -0.919. The summed E-state index contributed by atoms with van der Waals surface area (Å²) >= 11 is 3.27. The number of halogens is 1. The van der Waals surface area contributed by atoms with Crippen LogP contribution in [0.2, 0.25) is 0 Å². The van der Waals surface area contributed by atoms with Gasteiger partial charge in [0.15, 0.2) is 0 Å². The average molecular weight is 298 g/mol. The van der Waals surface area contributed by atoms with Gasteiger partial charge in [-0.05, 0) is 47.0 Å². The van der Waals surface area contributed by atoms with E-state index in [1.54, 1.807) is 6.07 Å². The van der Waals surface area contributed by atoms with Crippen LogP contribution >= 0.6 is 15.9 Å². The molecule has 0 aliphatic rings. The number of rotatable bonds is 6. The van der Waals surface area contributed by atoms with E-state index in [1.165, 1.54) is 0 Å². The van der Waals surface area contributed by atoms with Crippen LogP contribution in [0.5, 0.6) is 0 Å². The van der Waals surface area contributed by atoms with Crippen LogP contribution in [0.4, 0.5) is 5.69 Å². The van der Waals surface area contributed by atoms with Gasteiger partial charge >= 0.3 is 5.97 Å². The number of carboxylic acids is 1. The van der Waals surface area contributed by atoms with Crippen molar-refractivity contribution in [3.8, 4) is 0 Å². The van der Waals surface area contributed by atoms with Crippen molar-refractivity contribution in [3.05, 3.63) is 40.9 Å². The lowest BCUT2D eigenvalue weighted by atomic mass is 10.2. The maximum Gasteiger partial charge on any atom is 0.336 e. The Morgan fingerprint density at radius 2 is 2.29 bits per heavy atom. The molecule has 0 aliphatic heterocycles. The summed E-state index contributed by atoms with van der Waals surface area (Å²) in [5.74, 6) is -0.919. The van der Waals surface area contributed by atoms with Gasteiger partial charge in [0.2, 0.25) is 0 Å². The van der Waals surface area contributed by atoms with Gasteiger partial charge in [-0.1, -0.05) is 6.08 Å². The van der Waals surface area contributed by atoms with Crippen molar-refractivity contribution in [2.75, 3.05) is 18.5 Å². The van der Waals surface area contributed by atoms with Crippen LogP contribution in [0.15, 0.2) is 35.3 Å². The van der Waals surface area contributed by atoms with Crippen molar-refractivity contribution >= 4 is 27.6 Å². The lowest BCUT2D eigenvalue weighted by Crippen LogP contribution is -2.18. The Morgan fingerprint density at radius 1 is 1.59 bits per heavy atom. The fourth-order valence-corrected chi connectivity index (χ4v) is 2.05. The molecule has 1 N–H and O–H groups in total. The second-order valence-corrected chi connectivity index (χ2v) is 4.68. The van der Waals surface area contributed by atoms with E-state index < -0.39 is 5.97 Å². The van der Waals surface area contributed by atoms with Crippen LogP contribution in [0.1, 0.15) is 23.2 Å². The van der Waals surface area contributed by atoms with Gasteiger partial charge < -0.3 is 10.0 Å². The van der Waals surface area contributed by atoms with E-state index in [0.29, 0.717) is 4.47 Å². The fraction of sp³-hybridized carbons (Fsp3) is 0.308. The molecule has 3 nitrogen and oxygen atoms in total. The summed E-state index contributed by atoms with van der Waals surface area (Å²) in [4.78, 5) is 13.0. The Morgan fingerprint density at radius 3 is 2.82 bits per heavy atom. The summed E-state index contributed by atoms with van der Waals surface area (Å²) in [5, 5.41) is 8.91. The van der Waals surface area contributed by atoms with Crippen LogP contribution in [-0.4, -0.2) is 24.7 Å². The molecule has 1 aromatic carbocycles. The topological polar surface area (TPSA) is 40.5 Å². The standard InChI is InChI=1S/C13H16BrNO2/c1-3-4-5-8-15(2)10-6-7-11(13(16)17)12(14)9-10/h3,6-7,9H,1,4-5,8H2,2H3,(H,16,17). The maximum atomic E-state index is 10.9. The van der Waals surface area contributed by atoms with Gasteiger partial charge in [-0.15, -0.1) is 6.58 Å². The van der Waals surface area contributed by atoms with Crippen LogP contribution in [-0.2, 0) is 0 Å². The second-order valence-electron chi connectivity index (χ2n) is 3.82. The molecular formula is C13H16BrNO2. The van der Waals surface area contributed by atoms with Gasteiger partial charge in [-0.3, -0.25) is 0 Å². The molecule has 0 unspecified atom stereocenters. The number of benzene rings is 1. The van der Waals surface area contributed by atoms with Crippen LogP contribution in [0.25, 0.3) is 0 Å². The number of nitrogens with zero attached hydrogens (tertiary/aromatic N) is 1. The SMILES string of the molecule is C=CCCCN(C)c1ccc(C(=O)O)c(Br)c1. The van der Waals surface area contributed by atoms with Crippen molar-refractivity contribution in [2.45, 2.75) is 12.8 Å². The van der Waals surface area contributed by atoms with E-state index in [9.17, 15) is 4.79 Å². The molecule has 0 saturated heterocycles. The number of anilines is 1. The van der Waals surface area contributed by atoms with Gasteiger partial charge in [0.05, 0.1) is 5.56 Å². The quantitative estimate of drug-likeness (QED) is 0.645. The van der Waals surface area contributed by atoms with E-state index in [1.807, 2.05) is 25.3 Å². The number of carbonyl (C=O) groups is 1. The highest BCUT2D eigenvalue weighted by Gasteiger charge is 2.09. The summed E-state index contributed by atoms with van der Waals surface area (Å²) in [5.41, 5.74) is 1.29. The molecule has 0 aromatic heterocycles. The largest absolute Gasteiger partial charge is 0.478 e. The molecule has 1 rings (SSSR count). The molecule has 0 atom stereocenters. The highest BCUT2D eigenvalue weighted by Crippen LogP contribution is 2.23. The molecule has 0 heterocycles. The Balaban J connectivity index is 2.75. The third-order valence-electron chi connectivity index (χ3n) is 2.53. The Kier molecular flexibility index (Phi) is 5.22. The van der Waals surface area contributed by atoms with Crippen molar-refractivity contribution in [2.24, 2.45) is 0 Å². The van der Waals surface area contributed by atoms with Crippen molar-refractivity contribution in [3.63, 3.8) is 0 Å². The molecule has 0 amide bonds. The Labute approximate surface area is 110 Å². The number of carboxylic acid groups (broad SMARTS) is 1. The first-order chi connectivity index (χ1) is 8.06. The first-order valence-electron chi connectivity index (χ1n) is 5.41. The maximum absolute atomic E-state index is 10.9. The van der Waals surface area contributed by atoms with E-state index in [-0.39, 0.29) is 5.56 Å². The predicted octanol–water partition coefficient (Wildman–Crippen LogP) is 3.55. The third-order valence-corrected chi connectivity index (χ3v) is 3.18. The number of allylic oxidation sites excluding steroid dienone is 1. The zero-order chi connectivity index (χ0) is 12.8. The number of aromatic carboxylic acids is 1. The third kappa shape index (κ3) is 3.89. The molecule has 0 spiro atoms. The minimum absolute atomic E-state index is 0.285. The average Bonchev–Trinajstić information content (AvgIpc) is 2.28. The monoisotopic (exact) mass is 297 g/mol. The van der Waals surface area contributed by atoms with Crippen molar-refractivity contribution < 1.29 is 9.90 Å². The molecule has 92 valence electrons. The smallest absolute Gasteiger partial charge is 0.336 e. The molecule has 4 heteroatoms. The fourth-order valence-electron chi connectivity index (χ4n) is 1.52. The molecule has 0 radical (unpaired) electrons. The normalized spacial score (nSPS) is 10.0. The van der Waals surface area contributed by atoms with Gasteiger partial charge in [0, 0.05) is 23.8 Å². The summed E-state index contributed by atoms with van der Waals surface area (Å²) in [6.45, 7) is 4.61. The molecule has 0 fully saturated rings. The van der Waals surface area contributed by atoms with Crippen molar-refractivity contribution in [1.29, 1.82) is 0 Å². The molecular weight excluding hydrogens is 282 g/mol. The van der Waals surface area contributed by atoms with Gasteiger partial charge in [0.1, 0.15) is 0 Å². The molecule has 0 aliphatic carbocycles. The molecule has 1 aromatic rings. The van der Waals surface area contributed by atoms with E-state index in [0.717, 1.165) is 25.1 Å². The predicted molar refractivity (Wildman–Crippen MR) is 73.8 cm³/mol. The zero-order valence-corrected chi connectivity index (χ0v) is 11.4. The minimum Gasteiger partial charge on any atom is -0.478 e. The first kappa shape index (κ1) is 13.8. The first-order valence-corrected chi connectivity index (χ1v) is 6.20. The van der Waals surface area contributed by atoms with E-state index in [2.05, 4.69) is 27.4 Å². The summed E-state index contributed by atoms with van der Waals surface area (Å²) in [6, 6.07) is 5.27. The number of hydrogen-bond acceptors (Lipinski definition) is 2. The Hall–Kier alpha value is -1.29. The van der Waals surface area contributed by atoms with Gasteiger partial charge in [-0.25, -0.2) is 4.79 Å². The molecule has 0 bridgehead atoms. The highest BCUT2D eigenvalue weighted by molar-refractivity contribution is 9.10. The van der Waals surface area contributed by atoms with Crippen LogP contribution in [0.3, 0.4) is 0 Å². The van der Waals surface area contributed by atoms with Crippen LogP contribution in [0, 0.1) is 0 Å². The molecule has 17 heavy (non-hydrogen) atoms. The second kappa shape index (κ2) is 6.45. The molecule has 0 saturated carbocycles. The van der Waals surface area contributed by atoms with Gasteiger partial charge in [0.25, 0.3) is 0 Å². The van der Waals surface area contributed by atoms with Crippen LogP contribution < -0.4 is 4.90 Å². The highest BCUT2D eigenvalue weighted by atomic mass is 79.9. The van der Waals surface area contributed by atoms with Crippen molar-refractivity contribution in [1.82, 2.24) is 0 Å².